The van der Waals surface area contributed by atoms with E-state index in [0.29, 0.717) is 45.8 Å². The smallest absolute Gasteiger partial charge is 0.227 e. The highest BCUT2D eigenvalue weighted by Crippen LogP contribution is 2.63. The van der Waals surface area contributed by atoms with Crippen molar-refractivity contribution >= 4 is 28.6 Å². The van der Waals surface area contributed by atoms with E-state index in [1.165, 1.54) is 12.3 Å². The number of nitrogens with two attached hydrogens (primary N) is 1. The summed E-state index contributed by atoms with van der Waals surface area (Å²) in [7, 11) is 0. The lowest BCUT2D eigenvalue weighted by atomic mass is 9.91. The fraction of sp³-hybridized carbons (Fsp3) is 0.259. The van der Waals surface area contributed by atoms with Gasteiger partial charge in [0.05, 0.1) is 28.7 Å². The van der Waals surface area contributed by atoms with Crippen molar-refractivity contribution in [2.24, 2.45) is 17.6 Å². The van der Waals surface area contributed by atoms with Crippen molar-refractivity contribution in [2.75, 3.05) is 24.5 Å². The molecule has 4 heterocycles. The van der Waals surface area contributed by atoms with Gasteiger partial charge in [0.2, 0.25) is 11.5 Å². The van der Waals surface area contributed by atoms with Gasteiger partial charge in [0.1, 0.15) is 23.4 Å². The number of nitrogens with one attached hydrogen (secondary N) is 1. The molecule has 3 N–H and O–H groups in total. The molecule has 3 atom stereocenters. The van der Waals surface area contributed by atoms with Crippen LogP contribution in [0.1, 0.15) is 12.0 Å². The zero-order chi connectivity index (χ0) is 25.1. The number of halogens is 2. The second-order valence-corrected chi connectivity index (χ2v) is 10.1. The Morgan fingerprint density at radius 1 is 1.14 bits per heavy atom. The molecule has 3 aromatic heterocycles. The van der Waals surface area contributed by atoms with E-state index in [1.807, 2.05) is 30.3 Å². The van der Waals surface area contributed by atoms with Gasteiger partial charge in [-0.1, -0.05) is 41.9 Å². The third-order valence-electron chi connectivity index (χ3n) is 8.05. The topological polar surface area (TPSA) is 110 Å². The number of piperidine rings is 1. The Morgan fingerprint density at radius 3 is 2.81 bits per heavy atom. The van der Waals surface area contributed by atoms with E-state index in [2.05, 4.69) is 20.1 Å². The zero-order valence-corrected chi connectivity index (χ0v) is 20.5. The fourth-order valence-electron chi connectivity index (χ4n) is 6.21. The number of hydrogen-bond acceptors (Lipinski definition) is 7. The van der Waals surface area contributed by atoms with Crippen LogP contribution in [0.25, 0.3) is 33.9 Å². The Morgan fingerprint density at radius 2 is 2.00 bits per heavy atom. The van der Waals surface area contributed by atoms with Crippen LogP contribution in [0.5, 0.6) is 0 Å². The molecule has 1 aliphatic heterocycles. The van der Waals surface area contributed by atoms with E-state index >= 15 is 0 Å². The van der Waals surface area contributed by atoms with E-state index < -0.39 is 0 Å². The van der Waals surface area contributed by atoms with Crippen LogP contribution >= 0.6 is 11.6 Å². The number of nitrogens with zero attached hydrogens (tertiary/aromatic N) is 5. The standard InChI is InChI=1S/C27H23ClFN7O/c28-22-15(4-3-5-16(22)26-31-9-11-37-26)23-24-25(35-34-23)33-21(12-32-24)36-10-8-17-19(13-36)27(17,14-30)18-6-1-2-7-20(18)29/h1-7,9,11-12,17,19H,8,10,13-14,30H2,(H,33,34,35)/t17-,19+,27-/m1/s1. The molecule has 0 amide bonds. The molecule has 2 fully saturated rings. The number of anilines is 1. The highest BCUT2D eigenvalue weighted by atomic mass is 35.5. The molecule has 0 bridgehead atoms. The first-order valence-corrected chi connectivity index (χ1v) is 12.6. The predicted molar refractivity (Wildman–Crippen MR) is 139 cm³/mol. The first-order chi connectivity index (χ1) is 18.1. The van der Waals surface area contributed by atoms with Gasteiger partial charge in [0.25, 0.3) is 0 Å². The quantitative estimate of drug-likeness (QED) is 0.345. The maximum absolute atomic E-state index is 14.7. The minimum atomic E-state index is -0.318. The molecule has 0 radical (unpaired) electrons. The minimum absolute atomic E-state index is 0.176. The molecular weight excluding hydrogens is 493 g/mol. The van der Waals surface area contributed by atoms with E-state index in [9.17, 15) is 4.39 Å². The molecule has 8 nitrogen and oxygen atoms in total. The number of aromatic amines is 1. The van der Waals surface area contributed by atoms with E-state index in [4.69, 9.17) is 31.7 Å². The SMILES string of the molecule is NC[C@]1(c2ccccc2F)[C@@H]2CCN(c3cnc4c(-c5cccc(-c6ncco6)c5Cl)[nH]nc4n3)C[C@@H]21. The number of H-pyrrole nitrogens is 1. The molecular formula is C27H23ClFN7O. The number of hydrogen-bond donors (Lipinski definition) is 2. The van der Waals surface area contributed by atoms with Crippen molar-refractivity contribution in [3.05, 3.63) is 77.5 Å². The number of fused-ring (bicyclic) bond motifs is 2. The lowest BCUT2D eigenvalue weighted by Gasteiger charge is -2.26. The van der Waals surface area contributed by atoms with Crippen LogP contribution in [0.4, 0.5) is 10.2 Å². The molecule has 37 heavy (non-hydrogen) atoms. The van der Waals surface area contributed by atoms with Gasteiger partial charge in [-0.25, -0.2) is 19.3 Å². The highest BCUT2D eigenvalue weighted by molar-refractivity contribution is 6.36. The monoisotopic (exact) mass is 515 g/mol. The van der Waals surface area contributed by atoms with Gasteiger partial charge in [0, 0.05) is 30.6 Å². The Balaban J connectivity index is 1.19. The number of benzene rings is 2. The van der Waals surface area contributed by atoms with Crippen LogP contribution in [-0.2, 0) is 5.41 Å². The van der Waals surface area contributed by atoms with Gasteiger partial charge in [-0.3, -0.25) is 5.10 Å². The van der Waals surface area contributed by atoms with Crippen LogP contribution in [-0.4, -0.2) is 44.8 Å². The summed E-state index contributed by atoms with van der Waals surface area (Å²) in [6.07, 6.45) is 5.78. The van der Waals surface area contributed by atoms with Gasteiger partial charge in [0.15, 0.2) is 0 Å². The van der Waals surface area contributed by atoms with E-state index in [0.717, 1.165) is 36.5 Å². The van der Waals surface area contributed by atoms with Crippen LogP contribution in [0.3, 0.4) is 0 Å². The molecule has 2 aromatic carbocycles. The lowest BCUT2D eigenvalue weighted by Crippen LogP contribution is -2.32. The van der Waals surface area contributed by atoms with Crippen molar-refractivity contribution in [2.45, 2.75) is 11.8 Å². The molecule has 7 rings (SSSR count). The summed E-state index contributed by atoms with van der Waals surface area (Å²) in [6, 6.07) is 12.6. The van der Waals surface area contributed by atoms with Gasteiger partial charge in [-0.05, 0) is 36.0 Å². The summed E-state index contributed by atoms with van der Waals surface area (Å²) in [5.41, 5.74) is 9.89. The summed E-state index contributed by atoms with van der Waals surface area (Å²) in [5.74, 6) is 1.65. The molecule has 1 saturated heterocycles. The van der Waals surface area contributed by atoms with E-state index in [-0.39, 0.29) is 17.2 Å². The Labute approximate surface area is 216 Å². The number of oxazole rings is 1. The zero-order valence-electron chi connectivity index (χ0n) is 19.7. The van der Waals surface area contributed by atoms with Gasteiger partial charge in [-0.15, -0.1) is 0 Å². The molecule has 5 aromatic rings. The summed E-state index contributed by atoms with van der Waals surface area (Å²) in [4.78, 5) is 15.9. The van der Waals surface area contributed by atoms with Crippen molar-refractivity contribution in [3.63, 3.8) is 0 Å². The largest absolute Gasteiger partial charge is 0.444 e. The molecule has 2 aliphatic rings. The second-order valence-electron chi connectivity index (χ2n) is 9.68. The van der Waals surface area contributed by atoms with Gasteiger partial charge >= 0.3 is 0 Å². The maximum atomic E-state index is 14.7. The molecule has 0 unspecified atom stereocenters. The summed E-state index contributed by atoms with van der Waals surface area (Å²) in [5, 5.41) is 7.97. The lowest BCUT2D eigenvalue weighted by molar-refractivity contribution is 0.533. The van der Waals surface area contributed by atoms with Gasteiger partial charge < -0.3 is 15.1 Å². The van der Waals surface area contributed by atoms with Crippen LogP contribution in [0, 0.1) is 17.7 Å². The molecule has 10 heteroatoms. The Bertz CT molecular complexity index is 1620. The number of rotatable bonds is 5. The molecule has 186 valence electrons. The molecule has 1 aliphatic carbocycles. The summed E-state index contributed by atoms with van der Waals surface area (Å²) >= 11 is 6.73. The van der Waals surface area contributed by atoms with Crippen molar-refractivity contribution in [1.82, 2.24) is 25.1 Å². The summed E-state index contributed by atoms with van der Waals surface area (Å²) in [6.45, 7) is 1.98. The number of aromatic nitrogens is 5. The fourth-order valence-corrected chi connectivity index (χ4v) is 6.51. The third kappa shape index (κ3) is 3.30. The molecule has 1 saturated carbocycles. The highest BCUT2D eigenvalue weighted by Gasteiger charge is 2.66. The molecule has 0 spiro atoms. The predicted octanol–water partition coefficient (Wildman–Crippen LogP) is 4.82. The van der Waals surface area contributed by atoms with Crippen molar-refractivity contribution in [3.8, 4) is 22.7 Å². The van der Waals surface area contributed by atoms with E-state index in [1.54, 1.807) is 18.5 Å². The first kappa shape index (κ1) is 22.4. The first-order valence-electron chi connectivity index (χ1n) is 12.2. The average molecular weight is 516 g/mol. The maximum Gasteiger partial charge on any atom is 0.227 e. The summed E-state index contributed by atoms with van der Waals surface area (Å²) < 4.78 is 20.1. The normalized spacial score (nSPS) is 22.8. The van der Waals surface area contributed by atoms with Gasteiger partial charge in [-0.2, -0.15) is 5.10 Å². The van der Waals surface area contributed by atoms with Crippen LogP contribution < -0.4 is 10.6 Å². The minimum Gasteiger partial charge on any atom is -0.444 e. The van der Waals surface area contributed by atoms with Crippen molar-refractivity contribution in [1.29, 1.82) is 0 Å². The Kier molecular flexibility index (Phi) is 5.06. The average Bonchev–Trinajstić information content (AvgIpc) is 3.26. The van der Waals surface area contributed by atoms with Crippen molar-refractivity contribution < 1.29 is 8.81 Å². The Hall–Kier alpha value is -3.82. The second kappa shape index (κ2) is 8.36. The van der Waals surface area contributed by atoms with Crippen LogP contribution in [0.15, 0.2) is 65.5 Å². The van der Waals surface area contributed by atoms with Crippen LogP contribution in [0.2, 0.25) is 5.02 Å². The third-order valence-corrected chi connectivity index (χ3v) is 8.45.